The van der Waals surface area contributed by atoms with Gasteiger partial charge in [-0.1, -0.05) is 12.1 Å². The first-order valence-corrected chi connectivity index (χ1v) is 5.04. The summed E-state index contributed by atoms with van der Waals surface area (Å²) in [6.45, 7) is 1.07. The second-order valence-corrected chi connectivity index (χ2v) is 3.65. The number of nitriles is 1. The molecule has 0 aliphatic heterocycles. The highest BCUT2D eigenvalue weighted by Gasteiger charge is 2.04. The fourth-order valence-corrected chi connectivity index (χ4v) is 1.38. The Bertz CT molecular complexity index is 392. The summed E-state index contributed by atoms with van der Waals surface area (Å²) < 4.78 is 0. The molecule has 1 rings (SSSR count). The maximum Gasteiger partial charge on any atom is 0.233 e. The molecule has 0 saturated carbocycles. The van der Waals surface area contributed by atoms with Crippen LogP contribution in [0.15, 0.2) is 24.3 Å². The third kappa shape index (κ3) is 3.71. The number of nitrogens with one attached hydrogen (secondary N) is 1. The summed E-state index contributed by atoms with van der Waals surface area (Å²) in [5.41, 5.74) is 1.74. The van der Waals surface area contributed by atoms with Gasteiger partial charge in [0, 0.05) is 13.6 Å². The molecule has 0 aliphatic carbocycles. The molecule has 0 aromatic heterocycles. The number of carbonyl (C=O) groups excluding carboxylic acids is 1. The van der Waals surface area contributed by atoms with Gasteiger partial charge >= 0.3 is 0 Å². The van der Waals surface area contributed by atoms with Crippen molar-refractivity contribution in [2.45, 2.75) is 6.54 Å². The van der Waals surface area contributed by atoms with Crippen molar-refractivity contribution >= 4 is 5.91 Å². The lowest BCUT2D eigenvalue weighted by atomic mass is 10.1. The molecular weight excluding hydrogens is 202 g/mol. The molecule has 0 fully saturated rings. The summed E-state index contributed by atoms with van der Waals surface area (Å²) >= 11 is 0. The van der Waals surface area contributed by atoms with Crippen molar-refractivity contribution in [2.24, 2.45) is 0 Å². The molecule has 1 aromatic rings. The molecule has 1 N–H and O–H groups in total. The molecule has 0 bridgehead atoms. The van der Waals surface area contributed by atoms with Crippen LogP contribution < -0.4 is 5.32 Å². The van der Waals surface area contributed by atoms with Crippen LogP contribution in [0.4, 0.5) is 0 Å². The highest BCUT2D eigenvalue weighted by atomic mass is 16.1. The normalized spacial score (nSPS) is 9.88. The number of likely N-dealkylation sites (N-methyl/N-ethyl adjacent to an activating group) is 2. The van der Waals surface area contributed by atoms with E-state index in [1.807, 2.05) is 24.1 Å². The van der Waals surface area contributed by atoms with Gasteiger partial charge in [-0.15, -0.1) is 0 Å². The van der Waals surface area contributed by atoms with Crippen molar-refractivity contribution in [3.05, 3.63) is 35.4 Å². The largest absolute Gasteiger partial charge is 0.358 e. The van der Waals surface area contributed by atoms with Crippen LogP contribution in [0.1, 0.15) is 11.1 Å². The molecule has 1 aromatic carbocycles. The molecule has 0 unspecified atom stereocenters. The van der Waals surface area contributed by atoms with E-state index >= 15 is 0 Å². The number of benzene rings is 1. The standard InChI is InChI=1S/C12H15N3O/c1-14-12(16)9-15(2)8-11-5-3-10(7-13)4-6-11/h3-6H,8-9H2,1-2H3,(H,14,16). The molecule has 4 heteroatoms. The minimum atomic E-state index is -0.00357. The Kier molecular flexibility index (Phi) is 4.49. The Labute approximate surface area is 95.5 Å². The number of amides is 1. The van der Waals surface area contributed by atoms with Crippen LogP contribution >= 0.6 is 0 Å². The third-order valence-electron chi connectivity index (χ3n) is 2.23. The highest BCUT2D eigenvalue weighted by molar-refractivity contribution is 5.77. The second kappa shape index (κ2) is 5.89. The summed E-state index contributed by atoms with van der Waals surface area (Å²) in [5, 5.41) is 11.2. The molecular formula is C12H15N3O. The zero-order valence-electron chi connectivity index (χ0n) is 9.53. The van der Waals surface area contributed by atoms with E-state index in [0.717, 1.165) is 5.56 Å². The van der Waals surface area contributed by atoms with E-state index in [2.05, 4.69) is 11.4 Å². The average molecular weight is 217 g/mol. The fourth-order valence-electron chi connectivity index (χ4n) is 1.38. The van der Waals surface area contributed by atoms with Gasteiger partial charge in [0.05, 0.1) is 18.2 Å². The Balaban J connectivity index is 2.53. The lowest BCUT2D eigenvalue weighted by Gasteiger charge is -2.15. The summed E-state index contributed by atoms with van der Waals surface area (Å²) in [5.74, 6) is -0.00357. The monoisotopic (exact) mass is 217 g/mol. The summed E-state index contributed by atoms with van der Waals surface area (Å²) in [7, 11) is 3.51. The first kappa shape index (κ1) is 12.2. The van der Waals surface area contributed by atoms with E-state index in [1.54, 1.807) is 19.2 Å². The van der Waals surface area contributed by atoms with Crippen LogP contribution in [0, 0.1) is 11.3 Å². The molecule has 0 radical (unpaired) electrons. The van der Waals surface area contributed by atoms with Gasteiger partial charge in [0.15, 0.2) is 0 Å². The summed E-state index contributed by atoms with van der Waals surface area (Å²) in [4.78, 5) is 13.0. The maximum atomic E-state index is 11.1. The first-order valence-electron chi connectivity index (χ1n) is 5.04. The number of hydrogen-bond acceptors (Lipinski definition) is 3. The van der Waals surface area contributed by atoms with Gasteiger partial charge in [0.2, 0.25) is 5.91 Å². The van der Waals surface area contributed by atoms with Crippen LogP contribution in [0.3, 0.4) is 0 Å². The van der Waals surface area contributed by atoms with Gasteiger partial charge in [0.25, 0.3) is 0 Å². The van der Waals surface area contributed by atoms with Crippen LogP contribution in [0.25, 0.3) is 0 Å². The zero-order chi connectivity index (χ0) is 12.0. The van der Waals surface area contributed by atoms with Crippen molar-refractivity contribution in [3.63, 3.8) is 0 Å². The molecule has 0 heterocycles. The molecule has 0 atom stereocenters. The topological polar surface area (TPSA) is 56.1 Å². The Hall–Kier alpha value is -1.86. The maximum absolute atomic E-state index is 11.1. The predicted octanol–water partition coefficient (Wildman–Crippen LogP) is 0.736. The number of rotatable bonds is 4. The molecule has 16 heavy (non-hydrogen) atoms. The highest BCUT2D eigenvalue weighted by Crippen LogP contribution is 2.05. The quantitative estimate of drug-likeness (QED) is 0.809. The lowest BCUT2D eigenvalue weighted by molar-refractivity contribution is -0.121. The smallest absolute Gasteiger partial charge is 0.233 e. The Morgan fingerprint density at radius 1 is 1.44 bits per heavy atom. The van der Waals surface area contributed by atoms with Gasteiger partial charge in [-0.2, -0.15) is 5.26 Å². The first-order chi connectivity index (χ1) is 7.65. The van der Waals surface area contributed by atoms with Gasteiger partial charge in [-0.3, -0.25) is 9.69 Å². The number of carbonyl (C=O) groups is 1. The van der Waals surface area contributed by atoms with Crippen molar-refractivity contribution in [2.75, 3.05) is 20.6 Å². The number of hydrogen-bond donors (Lipinski definition) is 1. The van der Waals surface area contributed by atoms with E-state index in [4.69, 9.17) is 5.26 Å². The SMILES string of the molecule is CNC(=O)CN(C)Cc1ccc(C#N)cc1. The van der Waals surface area contributed by atoms with E-state index < -0.39 is 0 Å². The lowest BCUT2D eigenvalue weighted by Crippen LogP contribution is -2.32. The van der Waals surface area contributed by atoms with E-state index in [1.165, 1.54) is 0 Å². The average Bonchev–Trinajstić information content (AvgIpc) is 2.29. The van der Waals surface area contributed by atoms with Gasteiger partial charge in [-0.25, -0.2) is 0 Å². The summed E-state index contributed by atoms with van der Waals surface area (Å²) in [6, 6.07) is 9.44. The van der Waals surface area contributed by atoms with Crippen LogP contribution in [-0.2, 0) is 11.3 Å². The van der Waals surface area contributed by atoms with Crippen LogP contribution in [0.5, 0.6) is 0 Å². The Morgan fingerprint density at radius 2 is 2.06 bits per heavy atom. The third-order valence-corrected chi connectivity index (χ3v) is 2.23. The molecule has 84 valence electrons. The van der Waals surface area contributed by atoms with Crippen molar-refractivity contribution < 1.29 is 4.79 Å². The van der Waals surface area contributed by atoms with Gasteiger partial charge in [-0.05, 0) is 24.7 Å². The molecule has 0 aliphatic rings. The van der Waals surface area contributed by atoms with Gasteiger partial charge < -0.3 is 5.32 Å². The van der Waals surface area contributed by atoms with E-state index in [-0.39, 0.29) is 5.91 Å². The van der Waals surface area contributed by atoms with Gasteiger partial charge in [0.1, 0.15) is 0 Å². The summed E-state index contributed by atoms with van der Waals surface area (Å²) in [6.07, 6.45) is 0. The van der Waals surface area contributed by atoms with Crippen LogP contribution in [0.2, 0.25) is 0 Å². The molecule has 0 spiro atoms. The zero-order valence-corrected chi connectivity index (χ0v) is 9.53. The van der Waals surface area contributed by atoms with Crippen molar-refractivity contribution in [3.8, 4) is 6.07 Å². The minimum Gasteiger partial charge on any atom is -0.358 e. The van der Waals surface area contributed by atoms with Crippen molar-refractivity contribution in [1.29, 1.82) is 5.26 Å². The minimum absolute atomic E-state index is 0.00357. The van der Waals surface area contributed by atoms with E-state index in [9.17, 15) is 4.79 Å². The fraction of sp³-hybridized carbons (Fsp3) is 0.333. The molecule has 4 nitrogen and oxygen atoms in total. The Morgan fingerprint density at radius 3 is 2.56 bits per heavy atom. The number of nitrogens with zero attached hydrogens (tertiary/aromatic N) is 2. The van der Waals surface area contributed by atoms with Crippen molar-refractivity contribution in [1.82, 2.24) is 10.2 Å². The second-order valence-electron chi connectivity index (χ2n) is 3.65. The predicted molar refractivity (Wildman–Crippen MR) is 61.6 cm³/mol. The van der Waals surface area contributed by atoms with Crippen LogP contribution in [-0.4, -0.2) is 31.4 Å². The molecule has 0 saturated heterocycles. The van der Waals surface area contributed by atoms with E-state index in [0.29, 0.717) is 18.7 Å². The molecule has 1 amide bonds.